The standard InChI is InChI=1S/C9H9IN2S/c1-12-8-6(10)4-3-5-7(8)11-9(12)13-2/h3-5H,1-2H3. The number of hydrogen-bond acceptors (Lipinski definition) is 2. The lowest BCUT2D eigenvalue weighted by Gasteiger charge is -1.99. The van der Waals surface area contributed by atoms with Gasteiger partial charge in [0.15, 0.2) is 5.16 Å². The Morgan fingerprint density at radius 3 is 2.85 bits per heavy atom. The van der Waals surface area contributed by atoms with E-state index in [1.165, 1.54) is 9.09 Å². The first-order valence-electron chi connectivity index (χ1n) is 3.89. The summed E-state index contributed by atoms with van der Waals surface area (Å²) in [4.78, 5) is 4.51. The summed E-state index contributed by atoms with van der Waals surface area (Å²) in [5, 5.41) is 1.07. The van der Waals surface area contributed by atoms with Gasteiger partial charge in [-0.1, -0.05) is 17.8 Å². The minimum atomic E-state index is 1.07. The van der Waals surface area contributed by atoms with Crippen molar-refractivity contribution in [2.45, 2.75) is 5.16 Å². The lowest BCUT2D eigenvalue weighted by atomic mass is 10.3. The van der Waals surface area contributed by atoms with E-state index >= 15 is 0 Å². The molecule has 0 aliphatic rings. The van der Waals surface area contributed by atoms with Crippen molar-refractivity contribution in [2.24, 2.45) is 7.05 Å². The molecule has 0 radical (unpaired) electrons. The van der Waals surface area contributed by atoms with E-state index in [-0.39, 0.29) is 0 Å². The molecule has 4 heteroatoms. The van der Waals surface area contributed by atoms with Crippen LogP contribution in [0.15, 0.2) is 23.4 Å². The van der Waals surface area contributed by atoms with Crippen LogP contribution in [0.5, 0.6) is 0 Å². The molecule has 2 nitrogen and oxygen atoms in total. The Bertz CT molecular complexity index is 450. The third kappa shape index (κ3) is 1.46. The predicted octanol–water partition coefficient (Wildman–Crippen LogP) is 2.90. The largest absolute Gasteiger partial charge is 0.321 e. The SMILES string of the molecule is CSc1nc2cccc(I)c2n1C. The average Bonchev–Trinajstić information content (AvgIpc) is 2.44. The highest BCUT2D eigenvalue weighted by Gasteiger charge is 2.08. The first-order chi connectivity index (χ1) is 6.24. The Balaban J connectivity index is 2.85. The third-order valence-corrected chi connectivity index (χ3v) is 3.59. The zero-order valence-electron chi connectivity index (χ0n) is 7.41. The van der Waals surface area contributed by atoms with Gasteiger partial charge in [-0.3, -0.25) is 0 Å². The van der Waals surface area contributed by atoms with Crippen molar-refractivity contribution in [3.05, 3.63) is 21.8 Å². The smallest absolute Gasteiger partial charge is 0.168 e. The molecule has 2 rings (SSSR count). The van der Waals surface area contributed by atoms with Gasteiger partial charge in [-0.15, -0.1) is 0 Å². The molecule has 0 N–H and O–H groups in total. The topological polar surface area (TPSA) is 17.8 Å². The van der Waals surface area contributed by atoms with Crippen LogP contribution in [0.1, 0.15) is 0 Å². The van der Waals surface area contributed by atoms with Gasteiger partial charge in [0.25, 0.3) is 0 Å². The quantitative estimate of drug-likeness (QED) is 0.595. The lowest BCUT2D eigenvalue weighted by molar-refractivity contribution is 0.815. The number of rotatable bonds is 1. The molecular weight excluding hydrogens is 295 g/mol. The lowest BCUT2D eigenvalue weighted by Crippen LogP contribution is -1.90. The maximum Gasteiger partial charge on any atom is 0.168 e. The minimum absolute atomic E-state index is 1.07. The molecule has 0 atom stereocenters. The second-order valence-electron chi connectivity index (χ2n) is 2.77. The van der Waals surface area contributed by atoms with E-state index in [0.29, 0.717) is 0 Å². The van der Waals surface area contributed by atoms with Gasteiger partial charge in [0.1, 0.15) is 0 Å². The highest BCUT2D eigenvalue weighted by molar-refractivity contribution is 14.1. The normalized spacial score (nSPS) is 11.0. The van der Waals surface area contributed by atoms with Gasteiger partial charge in [-0.2, -0.15) is 0 Å². The van der Waals surface area contributed by atoms with Crippen LogP contribution >= 0.6 is 34.4 Å². The molecule has 1 aromatic carbocycles. The third-order valence-electron chi connectivity index (χ3n) is 1.99. The van der Waals surface area contributed by atoms with Gasteiger partial charge < -0.3 is 4.57 Å². The van der Waals surface area contributed by atoms with Crippen LogP contribution in [-0.4, -0.2) is 15.8 Å². The van der Waals surface area contributed by atoms with Gasteiger partial charge in [0.05, 0.1) is 11.0 Å². The molecule has 0 aliphatic carbocycles. The molecule has 0 spiro atoms. The Kier molecular flexibility index (Phi) is 2.51. The second-order valence-corrected chi connectivity index (χ2v) is 4.70. The average molecular weight is 304 g/mol. The zero-order chi connectivity index (χ0) is 9.42. The molecule has 68 valence electrons. The fraction of sp³-hybridized carbons (Fsp3) is 0.222. The summed E-state index contributed by atoms with van der Waals surface area (Å²) in [5.74, 6) is 0. The molecular formula is C9H9IN2S. The molecule has 0 saturated heterocycles. The van der Waals surface area contributed by atoms with E-state index < -0.39 is 0 Å². The summed E-state index contributed by atoms with van der Waals surface area (Å²) in [6, 6.07) is 6.20. The number of thioether (sulfide) groups is 1. The van der Waals surface area contributed by atoms with E-state index in [1.807, 2.05) is 12.3 Å². The molecule has 0 saturated carbocycles. The highest BCUT2D eigenvalue weighted by atomic mass is 127. The number of benzene rings is 1. The number of aryl methyl sites for hydroxylation is 1. The van der Waals surface area contributed by atoms with Crippen LogP contribution in [0.4, 0.5) is 0 Å². The van der Waals surface area contributed by atoms with E-state index in [1.54, 1.807) is 11.8 Å². The minimum Gasteiger partial charge on any atom is -0.321 e. The van der Waals surface area contributed by atoms with Gasteiger partial charge >= 0.3 is 0 Å². The molecule has 13 heavy (non-hydrogen) atoms. The van der Waals surface area contributed by atoms with Crippen LogP contribution in [0.3, 0.4) is 0 Å². The van der Waals surface area contributed by atoms with E-state index in [2.05, 4.69) is 51.3 Å². The van der Waals surface area contributed by atoms with Crippen LogP contribution < -0.4 is 0 Å². The molecule has 2 aromatic rings. The summed E-state index contributed by atoms with van der Waals surface area (Å²) in [7, 11) is 2.06. The summed E-state index contributed by atoms with van der Waals surface area (Å²) < 4.78 is 3.40. The number of aromatic nitrogens is 2. The van der Waals surface area contributed by atoms with Crippen LogP contribution in [0, 0.1) is 3.57 Å². The predicted molar refractivity (Wildman–Crippen MR) is 65.2 cm³/mol. The van der Waals surface area contributed by atoms with E-state index in [9.17, 15) is 0 Å². The van der Waals surface area contributed by atoms with Crippen molar-refractivity contribution in [1.82, 2.24) is 9.55 Å². The summed E-state index contributed by atoms with van der Waals surface area (Å²) in [5.41, 5.74) is 2.31. The Morgan fingerprint density at radius 2 is 2.23 bits per heavy atom. The highest BCUT2D eigenvalue weighted by Crippen LogP contribution is 2.24. The first-order valence-corrected chi connectivity index (χ1v) is 6.19. The molecule has 0 bridgehead atoms. The van der Waals surface area contributed by atoms with Crippen LogP contribution in [0.2, 0.25) is 0 Å². The number of para-hydroxylation sites is 1. The summed E-state index contributed by atoms with van der Waals surface area (Å²) in [6.07, 6.45) is 2.05. The van der Waals surface area contributed by atoms with Gasteiger partial charge in [0, 0.05) is 10.6 Å². The molecule has 0 fully saturated rings. The number of imidazole rings is 1. The molecule has 0 amide bonds. The number of nitrogens with zero attached hydrogens (tertiary/aromatic N) is 2. The van der Waals surface area contributed by atoms with Crippen molar-refractivity contribution in [2.75, 3.05) is 6.26 Å². The number of fused-ring (bicyclic) bond motifs is 1. The molecule has 0 aliphatic heterocycles. The summed E-state index contributed by atoms with van der Waals surface area (Å²) >= 11 is 4.02. The number of hydrogen-bond donors (Lipinski definition) is 0. The van der Waals surface area contributed by atoms with Crippen molar-refractivity contribution < 1.29 is 0 Å². The maximum absolute atomic E-state index is 4.51. The van der Waals surface area contributed by atoms with E-state index in [4.69, 9.17) is 0 Å². The maximum atomic E-state index is 4.51. The van der Waals surface area contributed by atoms with Crippen molar-refractivity contribution >= 4 is 45.4 Å². The number of halogens is 1. The molecule has 0 unspecified atom stereocenters. The Labute approximate surface area is 94.9 Å². The van der Waals surface area contributed by atoms with Crippen LogP contribution in [0.25, 0.3) is 11.0 Å². The zero-order valence-corrected chi connectivity index (χ0v) is 10.4. The molecule has 1 aromatic heterocycles. The van der Waals surface area contributed by atoms with Crippen molar-refractivity contribution in [3.8, 4) is 0 Å². The Morgan fingerprint density at radius 1 is 1.46 bits per heavy atom. The monoisotopic (exact) mass is 304 g/mol. The second kappa shape index (κ2) is 3.49. The van der Waals surface area contributed by atoms with E-state index in [0.717, 1.165) is 10.7 Å². The fourth-order valence-electron chi connectivity index (χ4n) is 1.38. The van der Waals surface area contributed by atoms with Crippen molar-refractivity contribution in [3.63, 3.8) is 0 Å². The summed E-state index contributed by atoms with van der Waals surface area (Å²) in [6.45, 7) is 0. The molecule has 1 heterocycles. The van der Waals surface area contributed by atoms with Gasteiger partial charge in [-0.25, -0.2) is 4.98 Å². The van der Waals surface area contributed by atoms with Gasteiger partial charge in [-0.05, 0) is 41.0 Å². The first kappa shape index (κ1) is 9.33. The van der Waals surface area contributed by atoms with Crippen LogP contribution in [-0.2, 0) is 7.05 Å². The fourth-order valence-corrected chi connectivity index (χ4v) is 2.78. The van der Waals surface area contributed by atoms with Crippen molar-refractivity contribution in [1.29, 1.82) is 0 Å². The Hall–Kier alpha value is -0.230. The van der Waals surface area contributed by atoms with Gasteiger partial charge in [0.2, 0.25) is 0 Å².